The topological polar surface area (TPSA) is 76.1 Å². The Balaban J connectivity index is 1.26. The van der Waals surface area contributed by atoms with Gasteiger partial charge in [0.25, 0.3) is 0 Å². The van der Waals surface area contributed by atoms with Crippen LogP contribution in [0.1, 0.15) is 34.5 Å². The fraction of sp³-hybridized carbons (Fsp3) is 0.273. The van der Waals surface area contributed by atoms with Crippen molar-refractivity contribution in [1.82, 2.24) is 4.98 Å². The first-order valence-electron chi connectivity index (χ1n) is 13.4. The van der Waals surface area contributed by atoms with E-state index in [1.165, 1.54) is 7.11 Å². The number of methoxy groups -OCH3 is 3. The van der Waals surface area contributed by atoms with E-state index in [-0.39, 0.29) is 18.1 Å². The van der Waals surface area contributed by atoms with Crippen molar-refractivity contribution in [3.63, 3.8) is 0 Å². The summed E-state index contributed by atoms with van der Waals surface area (Å²) in [6, 6.07) is 22.8. The van der Waals surface area contributed by atoms with Gasteiger partial charge in [-0.1, -0.05) is 41.9 Å². The smallest absolute Gasteiger partial charge is 0.341 e. The van der Waals surface area contributed by atoms with Crippen LogP contribution in [0, 0.1) is 5.92 Å². The number of rotatable bonds is 12. The molecule has 4 aromatic rings. The average molecular weight is 574 g/mol. The first kappa shape index (κ1) is 28.5. The van der Waals surface area contributed by atoms with Crippen LogP contribution in [0.15, 0.2) is 72.8 Å². The zero-order valence-electron chi connectivity index (χ0n) is 23.2. The number of ether oxygens (including phenoxy) is 5. The molecule has 0 radical (unpaired) electrons. The molecule has 3 atom stereocenters. The summed E-state index contributed by atoms with van der Waals surface area (Å²) in [5.41, 5.74) is 3.02. The quantitative estimate of drug-likeness (QED) is 0.167. The molecule has 1 fully saturated rings. The fourth-order valence-corrected chi connectivity index (χ4v) is 4.90. The van der Waals surface area contributed by atoms with E-state index in [0.29, 0.717) is 35.1 Å². The van der Waals surface area contributed by atoms with Gasteiger partial charge in [0, 0.05) is 36.5 Å². The fourth-order valence-electron chi connectivity index (χ4n) is 4.73. The van der Waals surface area contributed by atoms with Gasteiger partial charge in [0.1, 0.15) is 35.0 Å². The predicted molar refractivity (Wildman–Crippen MR) is 160 cm³/mol. The molecule has 0 spiro atoms. The summed E-state index contributed by atoms with van der Waals surface area (Å²) in [4.78, 5) is 17.1. The minimum absolute atomic E-state index is 0.0113. The van der Waals surface area contributed by atoms with E-state index < -0.39 is 5.97 Å². The van der Waals surface area contributed by atoms with Crippen LogP contribution in [0.4, 0.5) is 0 Å². The lowest BCUT2D eigenvalue weighted by Gasteiger charge is -2.21. The number of fused-ring (bicyclic) bond motifs is 1. The third-order valence-electron chi connectivity index (χ3n) is 7.00. The Bertz CT molecular complexity index is 1550. The summed E-state index contributed by atoms with van der Waals surface area (Å²) in [5.74, 6) is 1.43. The highest BCUT2D eigenvalue weighted by molar-refractivity contribution is 6.31. The molecule has 0 saturated heterocycles. The molecule has 41 heavy (non-hydrogen) atoms. The summed E-state index contributed by atoms with van der Waals surface area (Å²) < 4.78 is 28.3. The van der Waals surface area contributed by atoms with Gasteiger partial charge in [0.05, 0.1) is 25.4 Å². The number of hydrogen-bond acceptors (Lipinski definition) is 7. The molecule has 8 heteroatoms. The van der Waals surface area contributed by atoms with E-state index in [9.17, 15) is 4.79 Å². The molecule has 1 aliphatic rings. The highest BCUT2D eigenvalue weighted by Gasteiger charge is 2.46. The molecule has 0 bridgehead atoms. The number of hydrogen-bond donors (Lipinski definition) is 0. The minimum atomic E-state index is -0.486. The van der Waals surface area contributed by atoms with Crippen molar-refractivity contribution in [2.75, 3.05) is 27.9 Å². The lowest BCUT2D eigenvalue weighted by molar-refractivity contribution is 0.0584. The van der Waals surface area contributed by atoms with Crippen LogP contribution in [0.5, 0.6) is 17.2 Å². The molecule has 1 saturated carbocycles. The first-order valence-corrected chi connectivity index (χ1v) is 13.8. The Kier molecular flexibility index (Phi) is 9.07. The molecule has 3 unspecified atom stereocenters. The number of benzene rings is 3. The van der Waals surface area contributed by atoms with Crippen molar-refractivity contribution in [2.45, 2.75) is 25.0 Å². The molecule has 0 N–H and O–H groups in total. The van der Waals surface area contributed by atoms with Crippen LogP contribution in [0.2, 0.25) is 5.02 Å². The van der Waals surface area contributed by atoms with Gasteiger partial charge >= 0.3 is 5.97 Å². The molecule has 1 aromatic heterocycles. The molecule has 5 rings (SSSR count). The molecule has 1 heterocycles. The molecule has 0 aliphatic heterocycles. The number of aromatic nitrogens is 1. The average Bonchev–Trinajstić information content (AvgIpc) is 3.76. The summed E-state index contributed by atoms with van der Waals surface area (Å²) in [6.45, 7) is 0.521. The third-order valence-corrected chi connectivity index (χ3v) is 7.24. The first-order chi connectivity index (χ1) is 20.0. The van der Waals surface area contributed by atoms with Crippen LogP contribution in [-0.4, -0.2) is 51.1 Å². The van der Waals surface area contributed by atoms with Crippen molar-refractivity contribution in [3.8, 4) is 17.2 Å². The maximum Gasteiger partial charge on any atom is 0.341 e. The van der Waals surface area contributed by atoms with Gasteiger partial charge in [-0.05, 0) is 66.6 Å². The number of nitrogens with zero attached hydrogens (tertiary/aromatic N) is 1. The highest BCUT2D eigenvalue weighted by atomic mass is 35.5. The van der Waals surface area contributed by atoms with Crippen LogP contribution in [0.25, 0.3) is 23.1 Å². The zero-order valence-corrected chi connectivity index (χ0v) is 24.0. The molecular weight excluding hydrogens is 542 g/mol. The van der Waals surface area contributed by atoms with E-state index in [2.05, 4.69) is 4.98 Å². The Morgan fingerprint density at radius 2 is 1.85 bits per heavy atom. The maximum absolute atomic E-state index is 12.4. The van der Waals surface area contributed by atoms with Crippen molar-refractivity contribution >= 4 is 40.6 Å². The van der Waals surface area contributed by atoms with Crippen molar-refractivity contribution in [2.24, 2.45) is 5.92 Å². The molecule has 0 amide bonds. The Morgan fingerprint density at radius 1 is 1.00 bits per heavy atom. The van der Waals surface area contributed by atoms with Crippen LogP contribution < -0.4 is 14.2 Å². The molecule has 3 aromatic carbocycles. The lowest BCUT2D eigenvalue weighted by atomic mass is 10.1. The standard InChI is InChI=1S/C33H32ClNO6/c1-37-16-15-31(41-30-14-13-25(38-2)19-28(30)33(36)39-3)27-20-32(27)40-26-6-4-5-21(17-26)7-11-24-12-9-22-8-10-23(34)18-29(22)35-24/h4-14,17-19,27,31-32H,15-16,20H2,1-3H3/b11-7+. The van der Waals surface area contributed by atoms with Gasteiger partial charge in [-0.3, -0.25) is 0 Å². The normalized spacial score (nSPS) is 16.9. The Hall–Kier alpha value is -4.07. The Morgan fingerprint density at radius 3 is 2.66 bits per heavy atom. The Labute approximate surface area is 244 Å². The second-order valence-corrected chi connectivity index (χ2v) is 10.3. The summed E-state index contributed by atoms with van der Waals surface area (Å²) in [7, 11) is 4.55. The van der Waals surface area contributed by atoms with Gasteiger partial charge in [-0.25, -0.2) is 9.78 Å². The van der Waals surface area contributed by atoms with E-state index in [1.54, 1.807) is 32.4 Å². The van der Waals surface area contributed by atoms with Crippen molar-refractivity contribution < 1.29 is 28.5 Å². The van der Waals surface area contributed by atoms with Gasteiger partial charge in [-0.15, -0.1) is 0 Å². The molecule has 1 aliphatic carbocycles. The number of esters is 1. The zero-order chi connectivity index (χ0) is 28.8. The predicted octanol–water partition coefficient (Wildman–Crippen LogP) is 7.11. The molecule has 212 valence electrons. The maximum atomic E-state index is 12.4. The van der Waals surface area contributed by atoms with Crippen LogP contribution >= 0.6 is 11.6 Å². The van der Waals surface area contributed by atoms with Crippen LogP contribution in [-0.2, 0) is 9.47 Å². The minimum Gasteiger partial charge on any atom is -0.497 e. The number of carbonyl (C=O) groups is 1. The van der Waals surface area contributed by atoms with E-state index in [0.717, 1.165) is 34.3 Å². The van der Waals surface area contributed by atoms with Gasteiger partial charge in [0.15, 0.2) is 0 Å². The van der Waals surface area contributed by atoms with Crippen molar-refractivity contribution in [1.29, 1.82) is 0 Å². The summed E-state index contributed by atoms with van der Waals surface area (Å²) in [6.07, 6.45) is 5.26. The highest BCUT2D eigenvalue weighted by Crippen LogP contribution is 2.41. The second-order valence-electron chi connectivity index (χ2n) is 9.83. The second kappa shape index (κ2) is 13.1. The van der Waals surface area contributed by atoms with Gasteiger partial charge in [-0.2, -0.15) is 0 Å². The van der Waals surface area contributed by atoms with Crippen molar-refractivity contribution in [3.05, 3.63) is 94.6 Å². The lowest BCUT2D eigenvalue weighted by Crippen LogP contribution is -2.25. The van der Waals surface area contributed by atoms with E-state index >= 15 is 0 Å². The SMILES string of the molecule is COCCC(Oc1ccc(OC)cc1C(=O)OC)C1CC1Oc1cccc(/C=C/c2ccc3ccc(Cl)cc3n2)c1. The van der Waals surface area contributed by atoms with Gasteiger partial charge in [0.2, 0.25) is 0 Å². The molecule has 7 nitrogen and oxygen atoms in total. The van der Waals surface area contributed by atoms with E-state index in [1.807, 2.05) is 66.7 Å². The number of pyridine rings is 1. The number of carbonyl (C=O) groups excluding carboxylic acids is 1. The summed E-state index contributed by atoms with van der Waals surface area (Å²) in [5, 5.41) is 1.71. The third kappa shape index (κ3) is 7.17. The number of halogens is 1. The largest absolute Gasteiger partial charge is 0.497 e. The molecular formula is C33H32ClNO6. The monoisotopic (exact) mass is 573 g/mol. The summed E-state index contributed by atoms with van der Waals surface area (Å²) >= 11 is 6.13. The van der Waals surface area contributed by atoms with E-state index in [4.69, 9.17) is 35.3 Å². The van der Waals surface area contributed by atoms with Gasteiger partial charge < -0.3 is 23.7 Å². The van der Waals surface area contributed by atoms with Crippen LogP contribution in [0.3, 0.4) is 0 Å².